The van der Waals surface area contributed by atoms with Crippen molar-refractivity contribution in [1.82, 2.24) is 0 Å². The second kappa shape index (κ2) is 6.58. The molecule has 0 heterocycles. The number of Topliss-reactive ketones (excluding diaryl/α,β-unsaturated/α-hetero) is 1. The third-order valence-corrected chi connectivity index (χ3v) is 3.86. The van der Waals surface area contributed by atoms with Gasteiger partial charge >= 0.3 is 0 Å². The van der Waals surface area contributed by atoms with E-state index in [1.807, 2.05) is 12.1 Å². The Morgan fingerprint density at radius 2 is 1.89 bits per heavy atom. The van der Waals surface area contributed by atoms with E-state index >= 15 is 0 Å². The molecule has 1 aliphatic carbocycles. The second-order valence-corrected chi connectivity index (χ2v) is 5.15. The van der Waals surface area contributed by atoms with Gasteiger partial charge in [-0.15, -0.1) is 0 Å². The molecule has 1 aliphatic rings. The molecule has 1 aromatic carbocycles. The average Bonchev–Trinajstić information content (AvgIpc) is 2.93. The van der Waals surface area contributed by atoms with Gasteiger partial charge in [-0.05, 0) is 43.4 Å². The predicted octanol–water partition coefficient (Wildman–Crippen LogP) is 3.78. The van der Waals surface area contributed by atoms with Crippen LogP contribution in [0.3, 0.4) is 0 Å². The maximum atomic E-state index is 11.9. The summed E-state index contributed by atoms with van der Waals surface area (Å²) in [4.78, 5) is 11.9. The van der Waals surface area contributed by atoms with Crippen LogP contribution in [-0.4, -0.2) is 12.9 Å². The molecule has 0 saturated heterocycles. The molecule has 0 N–H and O–H groups in total. The Balaban J connectivity index is 1.72. The highest BCUT2D eigenvalue weighted by atomic mass is 16.5. The minimum absolute atomic E-state index is 0.376. The first-order valence-electron chi connectivity index (χ1n) is 6.95. The molecule has 1 saturated carbocycles. The van der Waals surface area contributed by atoms with E-state index in [0.717, 1.165) is 37.9 Å². The molecule has 18 heavy (non-hydrogen) atoms. The fourth-order valence-electron chi connectivity index (χ4n) is 2.71. The molecule has 2 nitrogen and oxygen atoms in total. The van der Waals surface area contributed by atoms with Crippen molar-refractivity contribution >= 4 is 5.78 Å². The van der Waals surface area contributed by atoms with Gasteiger partial charge in [0.05, 0.1) is 7.11 Å². The number of hydrogen-bond donors (Lipinski definition) is 0. The first kappa shape index (κ1) is 13.1. The van der Waals surface area contributed by atoms with Crippen molar-refractivity contribution in [2.24, 2.45) is 5.92 Å². The van der Waals surface area contributed by atoms with E-state index in [4.69, 9.17) is 4.74 Å². The highest BCUT2D eigenvalue weighted by Crippen LogP contribution is 2.27. The largest absolute Gasteiger partial charge is 0.497 e. The summed E-state index contributed by atoms with van der Waals surface area (Å²) in [6, 6.07) is 8.13. The van der Waals surface area contributed by atoms with Crippen molar-refractivity contribution in [2.75, 3.05) is 7.11 Å². The number of ketones is 1. The molecule has 0 atom stereocenters. The Morgan fingerprint density at radius 3 is 2.50 bits per heavy atom. The van der Waals surface area contributed by atoms with Crippen LogP contribution in [0.2, 0.25) is 0 Å². The molecule has 0 aliphatic heterocycles. The molecule has 98 valence electrons. The number of methoxy groups -OCH3 is 1. The van der Waals surface area contributed by atoms with Gasteiger partial charge in [-0.3, -0.25) is 4.79 Å². The molecule has 2 heteroatoms. The fraction of sp³-hybridized carbons (Fsp3) is 0.562. The molecular weight excluding hydrogens is 224 g/mol. The highest BCUT2D eigenvalue weighted by Gasteiger charge is 2.21. The summed E-state index contributed by atoms with van der Waals surface area (Å²) in [6.45, 7) is 0. The van der Waals surface area contributed by atoms with Gasteiger partial charge in [0.15, 0.2) is 0 Å². The SMILES string of the molecule is COc1ccc(CCCC(=O)C2CCCC2)cc1. The molecule has 2 rings (SSSR count). The molecule has 1 aromatic rings. The highest BCUT2D eigenvalue weighted by molar-refractivity contribution is 5.81. The number of benzene rings is 1. The maximum Gasteiger partial charge on any atom is 0.135 e. The van der Waals surface area contributed by atoms with Crippen molar-refractivity contribution in [2.45, 2.75) is 44.9 Å². The Morgan fingerprint density at radius 1 is 1.22 bits per heavy atom. The van der Waals surface area contributed by atoms with Gasteiger partial charge in [0.2, 0.25) is 0 Å². The first-order valence-corrected chi connectivity index (χ1v) is 6.95. The zero-order chi connectivity index (χ0) is 12.8. The van der Waals surface area contributed by atoms with E-state index in [0.29, 0.717) is 11.7 Å². The van der Waals surface area contributed by atoms with Gasteiger partial charge in [0, 0.05) is 12.3 Å². The van der Waals surface area contributed by atoms with Gasteiger partial charge in [-0.2, -0.15) is 0 Å². The van der Waals surface area contributed by atoms with E-state index in [1.54, 1.807) is 7.11 Å². The van der Waals surface area contributed by atoms with Crippen LogP contribution < -0.4 is 4.74 Å². The van der Waals surface area contributed by atoms with E-state index in [-0.39, 0.29) is 0 Å². The molecule has 0 aromatic heterocycles. The lowest BCUT2D eigenvalue weighted by Gasteiger charge is -2.07. The van der Waals surface area contributed by atoms with Gasteiger partial charge in [-0.1, -0.05) is 25.0 Å². The van der Waals surface area contributed by atoms with E-state index in [2.05, 4.69) is 12.1 Å². The lowest BCUT2D eigenvalue weighted by molar-refractivity contribution is -0.122. The van der Waals surface area contributed by atoms with Crippen LogP contribution in [0.5, 0.6) is 5.75 Å². The normalized spacial score (nSPS) is 15.8. The summed E-state index contributed by atoms with van der Waals surface area (Å²) < 4.78 is 5.13. The summed E-state index contributed by atoms with van der Waals surface area (Å²) >= 11 is 0. The minimum atomic E-state index is 0.376. The predicted molar refractivity (Wildman–Crippen MR) is 72.9 cm³/mol. The number of hydrogen-bond acceptors (Lipinski definition) is 2. The fourth-order valence-corrected chi connectivity index (χ4v) is 2.71. The molecule has 0 radical (unpaired) electrons. The van der Waals surface area contributed by atoms with Crippen LogP contribution >= 0.6 is 0 Å². The zero-order valence-corrected chi connectivity index (χ0v) is 11.2. The molecule has 0 amide bonds. The average molecular weight is 246 g/mol. The van der Waals surface area contributed by atoms with Crippen LogP contribution in [0.1, 0.15) is 44.1 Å². The van der Waals surface area contributed by atoms with E-state index in [9.17, 15) is 4.79 Å². The number of rotatable bonds is 6. The van der Waals surface area contributed by atoms with Crippen molar-refractivity contribution in [3.8, 4) is 5.75 Å². The quantitative estimate of drug-likeness (QED) is 0.763. The Labute approximate surface area is 109 Å². The number of ether oxygens (including phenoxy) is 1. The maximum absolute atomic E-state index is 11.9. The Bertz CT molecular complexity index is 375. The van der Waals surface area contributed by atoms with Crippen molar-refractivity contribution in [1.29, 1.82) is 0 Å². The summed E-state index contributed by atoms with van der Waals surface area (Å²) in [6.07, 6.45) is 7.45. The van der Waals surface area contributed by atoms with Crippen molar-refractivity contribution in [3.63, 3.8) is 0 Å². The first-order chi connectivity index (χ1) is 8.79. The van der Waals surface area contributed by atoms with Gasteiger partial charge in [0.1, 0.15) is 11.5 Å². The summed E-state index contributed by atoms with van der Waals surface area (Å²) in [5.41, 5.74) is 1.29. The monoisotopic (exact) mass is 246 g/mol. The Hall–Kier alpha value is -1.31. The smallest absolute Gasteiger partial charge is 0.135 e. The van der Waals surface area contributed by atoms with Crippen molar-refractivity contribution in [3.05, 3.63) is 29.8 Å². The van der Waals surface area contributed by atoms with E-state index in [1.165, 1.54) is 18.4 Å². The second-order valence-electron chi connectivity index (χ2n) is 5.15. The lowest BCUT2D eigenvalue weighted by Crippen LogP contribution is -2.10. The third-order valence-electron chi connectivity index (χ3n) is 3.86. The van der Waals surface area contributed by atoms with Crippen LogP contribution in [0, 0.1) is 5.92 Å². The van der Waals surface area contributed by atoms with Crippen LogP contribution in [0.15, 0.2) is 24.3 Å². The lowest BCUT2D eigenvalue weighted by atomic mass is 9.97. The van der Waals surface area contributed by atoms with Crippen LogP contribution in [0.25, 0.3) is 0 Å². The van der Waals surface area contributed by atoms with Gasteiger partial charge in [-0.25, -0.2) is 0 Å². The van der Waals surface area contributed by atoms with Gasteiger partial charge in [0.25, 0.3) is 0 Å². The third kappa shape index (κ3) is 3.59. The topological polar surface area (TPSA) is 26.3 Å². The number of carbonyl (C=O) groups is 1. The standard InChI is InChI=1S/C16H22O2/c1-18-15-11-9-13(10-12-15)5-4-8-16(17)14-6-2-3-7-14/h9-12,14H,2-8H2,1H3. The number of aryl methyl sites for hydroxylation is 1. The van der Waals surface area contributed by atoms with E-state index < -0.39 is 0 Å². The number of carbonyl (C=O) groups excluding carboxylic acids is 1. The molecular formula is C16H22O2. The molecule has 0 spiro atoms. The van der Waals surface area contributed by atoms with Crippen LogP contribution in [-0.2, 0) is 11.2 Å². The molecule has 1 fully saturated rings. The van der Waals surface area contributed by atoms with Gasteiger partial charge < -0.3 is 4.74 Å². The minimum Gasteiger partial charge on any atom is -0.497 e. The van der Waals surface area contributed by atoms with Crippen LogP contribution in [0.4, 0.5) is 0 Å². The summed E-state index contributed by atoms with van der Waals surface area (Å²) in [5.74, 6) is 1.75. The molecule has 0 unspecified atom stereocenters. The summed E-state index contributed by atoms with van der Waals surface area (Å²) in [7, 11) is 1.68. The molecule has 0 bridgehead atoms. The zero-order valence-electron chi connectivity index (χ0n) is 11.2. The Kier molecular flexibility index (Phi) is 4.80. The van der Waals surface area contributed by atoms with Crippen molar-refractivity contribution < 1.29 is 9.53 Å². The summed E-state index contributed by atoms with van der Waals surface area (Å²) in [5, 5.41) is 0.